The zero-order valence-corrected chi connectivity index (χ0v) is 44.5. The predicted molar refractivity (Wildman–Crippen MR) is 270 cm³/mol. The van der Waals surface area contributed by atoms with Crippen molar-refractivity contribution in [2.24, 2.45) is 10.7 Å². The van der Waals surface area contributed by atoms with Crippen LogP contribution in [0.15, 0.2) is 58.7 Å². The number of hydrogen-bond donors (Lipinski definition) is 2. The molecule has 0 saturated heterocycles. The van der Waals surface area contributed by atoms with Crippen LogP contribution in [-0.2, 0) is 57.0 Å². The first-order chi connectivity index (χ1) is 36.2. The molecule has 2 unspecified atom stereocenters. The second-order valence-electron chi connectivity index (χ2n) is 17.4. The average Bonchev–Trinajstić information content (AvgIpc) is 3.85. The molecule has 0 bridgehead atoms. The largest absolute Gasteiger partial charge is 0.431 e. The highest BCUT2D eigenvalue weighted by molar-refractivity contribution is 8.00. The van der Waals surface area contributed by atoms with E-state index in [-0.39, 0.29) is 76.2 Å². The molecule has 2 amide bonds. The Kier molecular flexibility index (Phi) is 22.3. The number of ether oxygens (including phenoxy) is 5. The van der Waals surface area contributed by atoms with E-state index in [9.17, 15) is 48.9 Å². The molecule has 0 aliphatic heterocycles. The van der Waals surface area contributed by atoms with Gasteiger partial charge < -0.3 is 34.7 Å². The Morgan fingerprint density at radius 2 is 1.55 bits per heavy atom. The van der Waals surface area contributed by atoms with E-state index >= 15 is 8.78 Å². The third kappa shape index (κ3) is 17.6. The van der Waals surface area contributed by atoms with Gasteiger partial charge in [0.2, 0.25) is 5.91 Å². The summed E-state index contributed by atoms with van der Waals surface area (Å²) in [6.07, 6.45) is -9.86. The lowest BCUT2D eigenvalue weighted by Gasteiger charge is -2.23. The average molecular weight is 1160 g/mol. The van der Waals surface area contributed by atoms with E-state index < -0.39 is 119 Å². The molecular weight excluding hydrogens is 1100 g/mol. The van der Waals surface area contributed by atoms with Crippen molar-refractivity contribution in [3.05, 3.63) is 87.3 Å². The van der Waals surface area contributed by atoms with Crippen LogP contribution < -0.4 is 15.4 Å². The van der Waals surface area contributed by atoms with Gasteiger partial charge in [0.15, 0.2) is 5.82 Å². The maximum absolute atomic E-state index is 15.1. The van der Waals surface area contributed by atoms with Gasteiger partial charge in [-0.25, -0.2) is 18.1 Å². The Labute approximate surface area is 448 Å². The highest BCUT2D eigenvalue weighted by atomic mass is 35.5. The number of alkyl halides is 8. The molecule has 1 fully saturated rings. The molecule has 2 heterocycles. The summed E-state index contributed by atoms with van der Waals surface area (Å²) in [6.45, 7) is 1.46. The molecule has 28 heteroatoms. The molecule has 0 radical (unpaired) electrons. The fraction of sp³-hybridized carbons (Fsp3) is 0.490. The van der Waals surface area contributed by atoms with E-state index in [1.165, 1.54) is 36.8 Å². The number of carbonyl (C=O) groups excluding carboxylic acids is 2. The van der Waals surface area contributed by atoms with Crippen LogP contribution in [0.5, 0.6) is 0 Å². The number of amides is 2. The third-order valence-corrected chi connectivity index (χ3v) is 13.9. The van der Waals surface area contributed by atoms with Crippen molar-refractivity contribution < 1.29 is 81.4 Å². The fourth-order valence-corrected chi connectivity index (χ4v) is 8.50. The highest BCUT2D eigenvalue weighted by Crippen LogP contribution is 2.44. The maximum atomic E-state index is 15.1. The highest BCUT2D eigenvalue weighted by Gasteiger charge is 2.48. The number of nitrogens with zero attached hydrogens (tertiary/aromatic N) is 5. The van der Waals surface area contributed by atoms with Crippen LogP contribution in [0.4, 0.5) is 49.7 Å². The number of pyridine rings is 1. The lowest BCUT2D eigenvalue weighted by Crippen LogP contribution is -2.34. The summed E-state index contributed by atoms with van der Waals surface area (Å²) in [5.41, 5.74) is -0.105. The molecule has 4 aromatic rings. The first-order valence-electron chi connectivity index (χ1n) is 23.2. The van der Waals surface area contributed by atoms with E-state index in [1.54, 1.807) is 21.0 Å². The molecule has 5 rings (SSSR count). The summed E-state index contributed by atoms with van der Waals surface area (Å²) in [5.74, 6) is -2.85. The fourth-order valence-electron chi connectivity index (χ4n) is 7.51. The van der Waals surface area contributed by atoms with Crippen LogP contribution >= 0.6 is 23.5 Å². The molecule has 1 aliphatic carbocycles. The first-order valence-corrected chi connectivity index (χ1v) is 26.3. The summed E-state index contributed by atoms with van der Waals surface area (Å²) >= 11 is 7.54. The minimum absolute atomic E-state index is 0.0460. The Hall–Kier alpha value is -5.34. The number of aliphatic imine (C=N–C) groups is 1. The quantitative estimate of drug-likeness (QED) is 0.0280. The SMILES string of the molecule is COCCOCCOCCOCCOCC(=O)N(SC)c1nn(CC(F)(F)F)c2c(-c3ccc(C#CC(C)(C)S(C)=O)nc3C(Cc3cc(F)cc(F)c3)NC(=O)CN=C3/C(=C(\N)C(F)(F)F)CCC3(F)F)ccc(Cl)c12. The second kappa shape index (κ2) is 27.5. The number of carbonyl (C=O) groups is 2. The van der Waals surface area contributed by atoms with Gasteiger partial charge in [0.1, 0.15) is 53.2 Å². The molecule has 2 aromatic carbocycles. The summed E-state index contributed by atoms with van der Waals surface area (Å²) in [6, 6.07) is 5.90. The monoisotopic (exact) mass is 1160 g/mol. The summed E-state index contributed by atoms with van der Waals surface area (Å²) in [4.78, 5) is 35.9. The van der Waals surface area contributed by atoms with Gasteiger partial charge in [-0.1, -0.05) is 23.6 Å². The van der Waals surface area contributed by atoms with Crippen molar-refractivity contribution in [2.45, 2.75) is 68.7 Å². The van der Waals surface area contributed by atoms with Gasteiger partial charge in [-0.05, 0) is 80.5 Å². The molecule has 2 atom stereocenters. The number of benzene rings is 2. The zero-order valence-electron chi connectivity index (χ0n) is 42.1. The summed E-state index contributed by atoms with van der Waals surface area (Å²) in [7, 11) is 0.0168. The maximum Gasteiger partial charge on any atom is 0.431 e. The van der Waals surface area contributed by atoms with E-state index in [0.29, 0.717) is 37.2 Å². The molecule has 1 saturated carbocycles. The van der Waals surface area contributed by atoms with E-state index in [0.717, 1.165) is 28.4 Å². The molecule has 0 spiro atoms. The number of methoxy groups -OCH3 is 1. The Morgan fingerprint density at radius 3 is 2.12 bits per heavy atom. The smallest absolute Gasteiger partial charge is 0.394 e. The van der Waals surface area contributed by atoms with Gasteiger partial charge in [0.05, 0.1) is 80.5 Å². The predicted octanol–water partition coefficient (Wildman–Crippen LogP) is 8.47. The second-order valence-corrected chi connectivity index (χ2v) is 20.4. The van der Waals surface area contributed by atoms with E-state index in [2.05, 4.69) is 32.2 Å². The number of hydrogen-bond acceptors (Lipinski definition) is 13. The van der Waals surface area contributed by atoms with Crippen molar-refractivity contribution in [3.8, 4) is 23.0 Å². The van der Waals surface area contributed by atoms with Crippen LogP contribution in [0, 0.1) is 23.5 Å². The van der Waals surface area contributed by atoms with Crippen LogP contribution in [0.25, 0.3) is 22.0 Å². The molecule has 3 N–H and O–H groups in total. The standard InChI is InChI=1S/C49H54ClF10N7O8S2/c1-46(2,77(5)70)12-10-32-6-7-33(41(63-32)37(24-29-22-30(51)25-31(52)23-29)64-38(68)26-62-44-35(11-13-47(44,53)54)43(61)49(58,59)60)34-8-9-36(50)40-42(34)66(28-48(55,56)57)65-45(40)67(76-4)39(69)27-75-21-20-74-19-18-73-17-16-72-15-14-71-3/h6-9,22-23,25,37H,11,13-21,24,26-28,61H2,1-5H3,(H,64,68)/b43-35-,62-44?. The van der Waals surface area contributed by atoms with Gasteiger partial charge in [-0.15, -0.1) is 0 Å². The Bertz CT molecular complexity index is 2870. The van der Waals surface area contributed by atoms with Crippen LogP contribution in [-0.4, -0.2) is 145 Å². The number of nitrogens with one attached hydrogen (secondary N) is 1. The van der Waals surface area contributed by atoms with Gasteiger partial charge >= 0.3 is 12.4 Å². The molecule has 1 aliphatic rings. The number of anilines is 1. The Morgan fingerprint density at radius 1 is 0.948 bits per heavy atom. The summed E-state index contributed by atoms with van der Waals surface area (Å²) < 4.78 is 184. The minimum atomic E-state index is -5.23. The van der Waals surface area contributed by atoms with Crippen molar-refractivity contribution in [3.63, 3.8) is 0 Å². The number of rotatable bonds is 25. The normalized spacial score (nSPS) is 15.9. The Balaban J connectivity index is 1.61. The number of allylic oxidation sites excluding steroid dienone is 2. The van der Waals surface area contributed by atoms with Gasteiger partial charge in [-0.3, -0.25) is 23.5 Å². The lowest BCUT2D eigenvalue weighted by molar-refractivity contribution is -0.141. The summed E-state index contributed by atoms with van der Waals surface area (Å²) in [5, 5.41) is 6.36. The molecular formula is C49H54ClF10N7O8S2. The lowest BCUT2D eigenvalue weighted by atomic mass is 9.93. The van der Waals surface area contributed by atoms with Crippen molar-refractivity contribution in [1.82, 2.24) is 20.1 Å². The van der Waals surface area contributed by atoms with Gasteiger partial charge in [-0.2, -0.15) is 40.2 Å². The molecule has 2 aromatic heterocycles. The van der Waals surface area contributed by atoms with Crippen molar-refractivity contribution >= 4 is 68.6 Å². The van der Waals surface area contributed by atoms with Gasteiger partial charge in [0, 0.05) is 59.6 Å². The van der Waals surface area contributed by atoms with Gasteiger partial charge in [0.25, 0.3) is 11.8 Å². The number of aromatic nitrogens is 3. The van der Waals surface area contributed by atoms with Crippen molar-refractivity contribution in [2.75, 3.05) is 89.9 Å². The number of fused-ring (bicyclic) bond motifs is 1. The van der Waals surface area contributed by atoms with Crippen LogP contribution in [0.2, 0.25) is 5.02 Å². The molecule has 422 valence electrons. The topological polar surface area (TPSA) is 182 Å². The number of halogens is 11. The first kappa shape index (κ1) is 62.5. The van der Waals surface area contributed by atoms with E-state index in [4.69, 9.17) is 41.0 Å². The van der Waals surface area contributed by atoms with Crippen molar-refractivity contribution in [1.29, 1.82) is 0 Å². The zero-order chi connectivity index (χ0) is 56.9. The number of nitrogens with two attached hydrogens (primary N) is 1. The molecule has 77 heavy (non-hydrogen) atoms. The minimum Gasteiger partial charge on any atom is -0.394 e. The van der Waals surface area contributed by atoms with Crippen LogP contribution in [0.1, 0.15) is 49.7 Å². The van der Waals surface area contributed by atoms with E-state index in [1.807, 2.05) is 0 Å². The third-order valence-electron chi connectivity index (χ3n) is 11.3. The van der Waals surface area contributed by atoms with Crippen LogP contribution in [0.3, 0.4) is 0 Å². The molecule has 15 nitrogen and oxygen atoms in total.